The van der Waals surface area contributed by atoms with Crippen LogP contribution in [0.3, 0.4) is 0 Å². The van der Waals surface area contributed by atoms with Crippen molar-refractivity contribution in [1.29, 1.82) is 0 Å². The van der Waals surface area contributed by atoms with E-state index < -0.39 is 0 Å². The molecule has 1 aliphatic rings. The molecule has 3 rings (SSSR count). The van der Waals surface area contributed by atoms with E-state index in [1.165, 1.54) is 17.5 Å². The van der Waals surface area contributed by atoms with Gasteiger partial charge in [0.1, 0.15) is 5.82 Å². The third-order valence-electron chi connectivity index (χ3n) is 4.31. The van der Waals surface area contributed by atoms with E-state index in [1.54, 1.807) is 0 Å². The van der Waals surface area contributed by atoms with Gasteiger partial charge in [0.25, 0.3) is 0 Å². The number of hydrogen-bond acceptors (Lipinski definition) is 3. The van der Waals surface area contributed by atoms with Gasteiger partial charge in [-0.2, -0.15) is 0 Å². The minimum Gasteiger partial charge on any atom is -0.331 e. The lowest BCUT2D eigenvalue weighted by atomic mass is 9.94. The fraction of sp³-hybridized carbons (Fsp3) is 0.533. The zero-order valence-corrected chi connectivity index (χ0v) is 11.7. The monoisotopic (exact) mass is 258 g/mol. The van der Waals surface area contributed by atoms with Gasteiger partial charge in [0.15, 0.2) is 0 Å². The molecular formula is C15H22N4. The third kappa shape index (κ3) is 2.38. The average molecular weight is 258 g/mol. The lowest BCUT2D eigenvalue weighted by molar-refractivity contribution is 0.473. The summed E-state index contributed by atoms with van der Waals surface area (Å²) in [5.41, 5.74) is 9.78. The molecule has 1 aromatic carbocycles. The Labute approximate surface area is 114 Å². The van der Waals surface area contributed by atoms with Gasteiger partial charge in [-0.3, -0.25) is 0 Å². The predicted molar refractivity (Wildman–Crippen MR) is 78.0 cm³/mol. The van der Waals surface area contributed by atoms with Crippen LogP contribution in [0.25, 0.3) is 11.0 Å². The summed E-state index contributed by atoms with van der Waals surface area (Å²) in [7, 11) is 2.05. The zero-order valence-electron chi connectivity index (χ0n) is 11.7. The Balaban J connectivity index is 1.83. The number of imidazole rings is 1. The summed E-state index contributed by atoms with van der Waals surface area (Å²) in [5.74, 6) is 1.76. The molecule has 1 fully saturated rings. The molecule has 102 valence electrons. The van der Waals surface area contributed by atoms with Crippen molar-refractivity contribution in [2.75, 3.05) is 13.1 Å². The van der Waals surface area contributed by atoms with Crippen LogP contribution in [-0.2, 0) is 7.05 Å². The minimum absolute atomic E-state index is 0.122. The summed E-state index contributed by atoms with van der Waals surface area (Å²) >= 11 is 0. The summed E-state index contributed by atoms with van der Waals surface area (Å²) in [6.45, 7) is 4.28. The van der Waals surface area contributed by atoms with Crippen molar-refractivity contribution in [2.24, 2.45) is 18.7 Å². The van der Waals surface area contributed by atoms with Crippen molar-refractivity contribution in [3.8, 4) is 0 Å². The van der Waals surface area contributed by atoms with Crippen LogP contribution in [0, 0.1) is 12.8 Å². The number of hydrogen-bond donors (Lipinski definition) is 2. The number of aromatic nitrogens is 2. The fourth-order valence-electron chi connectivity index (χ4n) is 2.98. The Bertz CT molecular complexity index is 581. The molecule has 0 bridgehead atoms. The number of rotatable bonds is 3. The topological polar surface area (TPSA) is 55.9 Å². The molecular weight excluding hydrogens is 236 g/mol. The van der Waals surface area contributed by atoms with E-state index in [9.17, 15) is 0 Å². The van der Waals surface area contributed by atoms with Gasteiger partial charge in [0.2, 0.25) is 0 Å². The van der Waals surface area contributed by atoms with Crippen LogP contribution in [0.1, 0.15) is 30.3 Å². The maximum atomic E-state index is 6.35. The summed E-state index contributed by atoms with van der Waals surface area (Å²) in [5, 5.41) is 3.40. The van der Waals surface area contributed by atoms with Gasteiger partial charge in [0.05, 0.1) is 11.0 Å². The van der Waals surface area contributed by atoms with E-state index in [1.807, 2.05) is 6.92 Å². The van der Waals surface area contributed by atoms with Crippen molar-refractivity contribution in [2.45, 2.75) is 25.8 Å². The Kier molecular flexibility index (Phi) is 3.29. The zero-order chi connectivity index (χ0) is 13.4. The molecule has 2 atom stereocenters. The molecule has 2 heterocycles. The molecule has 0 radical (unpaired) electrons. The highest BCUT2D eigenvalue weighted by molar-refractivity contribution is 5.76. The van der Waals surface area contributed by atoms with Crippen molar-refractivity contribution < 1.29 is 0 Å². The highest BCUT2D eigenvalue weighted by atomic mass is 15.0. The number of nitrogens with two attached hydrogens (primary N) is 1. The molecule has 1 aromatic heterocycles. The summed E-state index contributed by atoms with van der Waals surface area (Å²) in [6, 6.07) is 6.56. The lowest BCUT2D eigenvalue weighted by Crippen LogP contribution is -2.17. The highest BCUT2D eigenvalue weighted by Crippen LogP contribution is 2.25. The first kappa shape index (κ1) is 12.6. The summed E-state index contributed by atoms with van der Waals surface area (Å²) < 4.78 is 2.12. The number of nitrogens with one attached hydrogen (secondary N) is 1. The van der Waals surface area contributed by atoms with Crippen molar-refractivity contribution in [3.05, 3.63) is 29.6 Å². The molecule has 1 saturated heterocycles. The minimum atomic E-state index is 0.122. The van der Waals surface area contributed by atoms with Gasteiger partial charge in [-0.15, -0.1) is 0 Å². The van der Waals surface area contributed by atoms with Crippen LogP contribution in [0.4, 0.5) is 0 Å². The number of fused-ring (bicyclic) bond motifs is 1. The molecule has 0 spiro atoms. The third-order valence-corrected chi connectivity index (χ3v) is 4.31. The molecule has 0 saturated carbocycles. The maximum absolute atomic E-state index is 6.35. The number of nitrogens with zero attached hydrogens (tertiary/aromatic N) is 2. The second kappa shape index (κ2) is 4.94. The summed E-state index contributed by atoms with van der Waals surface area (Å²) in [4.78, 5) is 4.58. The SMILES string of the molecule is Cc1nc2cc(C(N)CC3CCNC3)ccc2n1C. The van der Waals surface area contributed by atoms with Crippen molar-refractivity contribution in [1.82, 2.24) is 14.9 Å². The van der Waals surface area contributed by atoms with Gasteiger partial charge >= 0.3 is 0 Å². The Hall–Kier alpha value is -1.39. The molecule has 19 heavy (non-hydrogen) atoms. The van der Waals surface area contributed by atoms with E-state index in [0.717, 1.165) is 36.8 Å². The normalized spacial score (nSPS) is 21.1. The lowest BCUT2D eigenvalue weighted by Gasteiger charge is -2.16. The Morgan fingerprint density at radius 2 is 2.37 bits per heavy atom. The molecule has 1 aliphatic heterocycles. The van der Waals surface area contributed by atoms with Crippen LogP contribution in [0.2, 0.25) is 0 Å². The molecule has 4 nitrogen and oxygen atoms in total. The van der Waals surface area contributed by atoms with Gasteiger partial charge < -0.3 is 15.6 Å². The van der Waals surface area contributed by atoms with Gasteiger partial charge in [0, 0.05) is 13.1 Å². The quantitative estimate of drug-likeness (QED) is 0.884. The van der Waals surface area contributed by atoms with E-state index in [-0.39, 0.29) is 6.04 Å². The van der Waals surface area contributed by atoms with Crippen LogP contribution in [0.5, 0.6) is 0 Å². The Morgan fingerprint density at radius 3 is 3.11 bits per heavy atom. The van der Waals surface area contributed by atoms with Crippen LogP contribution in [-0.4, -0.2) is 22.6 Å². The van der Waals surface area contributed by atoms with Crippen LogP contribution >= 0.6 is 0 Å². The highest BCUT2D eigenvalue weighted by Gasteiger charge is 2.19. The van der Waals surface area contributed by atoms with Crippen LogP contribution in [0.15, 0.2) is 18.2 Å². The molecule has 0 aliphatic carbocycles. The standard InChI is InChI=1S/C15H22N4/c1-10-18-14-8-12(3-4-15(14)19(10)2)13(16)7-11-5-6-17-9-11/h3-4,8,11,13,17H,5-7,9,16H2,1-2H3. The number of aryl methyl sites for hydroxylation is 2. The van der Waals surface area contributed by atoms with E-state index in [4.69, 9.17) is 5.73 Å². The first-order valence-corrected chi connectivity index (χ1v) is 7.04. The predicted octanol–water partition coefficient (Wildman–Crippen LogP) is 1.88. The maximum Gasteiger partial charge on any atom is 0.106 e. The summed E-state index contributed by atoms with van der Waals surface area (Å²) in [6.07, 6.45) is 2.31. The van der Waals surface area contributed by atoms with E-state index in [0.29, 0.717) is 0 Å². The van der Waals surface area contributed by atoms with Crippen molar-refractivity contribution in [3.63, 3.8) is 0 Å². The fourth-order valence-corrected chi connectivity index (χ4v) is 2.98. The van der Waals surface area contributed by atoms with Crippen LogP contribution < -0.4 is 11.1 Å². The molecule has 2 aromatic rings. The second-order valence-corrected chi connectivity index (χ2v) is 5.67. The Morgan fingerprint density at radius 1 is 1.53 bits per heavy atom. The second-order valence-electron chi connectivity index (χ2n) is 5.67. The molecule has 3 N–H and O–H groups in total. The largest absolute Gasteiger partial charge is 0.331 e. The van der Waals surface area contributed by atoms with Gasteiger partial charge in [-0.25, -0.2) is 4.98 Å². The van der Waals surface area contributed by atoms with Crippen molar-refractivity contribution >= 4 is 11.0 Å². The number of benzene rings is 1. The van der Waals surface area contributed by atoms with Gasteiger partial charge in [-0.1, -0.05) is 6.07 Å². The first-order valence-electron chi connectivity index (χ1n) is 7.04. The van der Waals surface area contributed by atoms with E-state index in [2.05, 4.69) is 40.1 Å². The molecule has 4 heteroatoms. The first-order chi connectivity index (χ1) is 9.15. The average Bonchev–Trinajstić information content (AvgIpc) is 2.99. The smallest absolute Gasteiger partial charge is 0.106 e. The molecule has 2 unspecified atom stereocenters. The molecule has 0 amide bonds. The van der Waals surface area contributed by atoms with Gasteiger partial charge in [-0.05, 0) is 56.5 Å². The van der Waals surface area contributed by atoms with E-state index >= 15 is 0 Å².